The van der Waals surface area contributed by atoms with Crippen molar-refractivity contribution in [1.29, 1.82) is 0 Å². The molecular formula is C22H26N2O6S. The highest BCUT2D eigenvalue weighted by Gasteiger charge is 2.31. The maximum absolute atomic E-state index is 12.7. The summed E-state index contributed by atoms with van der Waals surface area (Å²) in [6.45, 7) is 0.000268. The van der Waals surface area contributed by atoms with E-state index < -0.39 is 34.9 Å². The van der Waals surface area contributed by atoms with E-state index in [4.69, 9.17) is 9.47 Å². The molecule has 0 unspecified atom stereocenters. The normalized spacial score (nSPS) is 20.9. The fourth-order valence-electron chi connectivity index (χ4n) is 3.18. The van der Waals surface area contributed by atoms with E-state index in [0.29, 0.717) is 12.3 Å². The Labute approximate surface area is 181 Å². The Morgan fingerprint density at radius 3 is 2.61 bits per heavy atom. The number of benzene rings is 2. The van der Waals surface area contributed by atoms with E-state index in [1.54, 1.807) is 24.3 Å². The molecule has 0 bridgehead atoms. The number of rotatable bonds is 9. The van der Waals surface area contributed by atoms with Crippen molar-refractivity contribution in [2.24, 2.45) is 0 Å². The zero-order valence-corrected chi connectivity index (χ0v) is 17.9. The minimum absolute atomic E-state index is 0.0411. The summed E-state index contributed by atoms with van der Waals surface area (Å²) >= 11 is 0. The van der Waals surface area contributed by atoms with Crippen molar-refractivity contribution in [2.45, 2.75) is 36.1 Å². The molecule has 31 heavy (non-hydrogen) atoms. The van der Waals surface area contributed by atoms with E-state index in [0.717, 1.165) is 5.56 Å². The molecule has 2 aromatic rings. The third-order valence-electron chi connectivity index (χ3n) is 4.82. The van der Waals surface area contributed by atoms with Crippen LogP contribution >= 0.6 is 0 Å². The molecule has 0 spiro atoms. The molecule has 0 radical (unpaired) electrons. The molecule has 2 aromatic carbocycles. The maximum Gasteiger partial charge on any atom is 0.241 e. The van der Waals surface area contributed by atoms with Crippen LogP contribution in [0.1, 0.15) is 12.0 Å². The molecule has 0 fully saturated rings. The molecule has 0 saturated carbocycles. The molecule has 0 aromatic heterocycles. The van der Waals surface area contributed by atoms with Crippen molar-refractivity contribution in [1.82, 2.24) is 10.0 Å². The summed E-state index contributed by atoms with van der Waals surface area (Å²) in [5, 5.41) is 12.5. The molecule has 0 aliphatic carbocycles. The van der Waals surface area contributed by atoms with Gasteiger partial charge in [-0.3, -0.25) is 4.79 Å². The second-order valence-electron chi connectivity index (χ2n) is 7.07. The van der Waals surface area contributed by atoms with E-state index in [9.17, 15) is 18.3 Å². The van der Waals surface area contributed by atoms with Gasteiger partial charge in [-0.15, -0.1) is 0 Å². The van der Waals surface area contributed by atoms with E-state index >= 15 is 0 Å². The average Bonchev–Trinajstić information content (AvgIpc) is 2.79. The molecule has 8 nitrogen and oxygen atoms in total. The Bertz CT molecular complexity index is 1010. The van der Waals surface area contributed by atoms with Gasteiger partial charge in [-0.1, -0.05) is 48.6 Å². The van der Waals surface area contributed by atoms with Crippen LogP contribution in [-0.4, -0.2) is 51.4 Å². The minimum Gasteiger partial charge on any atom is -0.497 e. The number of amides is 1. The number of carbonyl (C=O) groups excluding carboxylic acids is 1. The summed E-state index contributed by atoms with van der Waals surface area (Å²) in [4.78, 5) is 12.3. The zero-order valence-electron chi connectivity index (χ0n) is 17.1. The summed E-state index contributed by atoms with van der Waals surface area (Å²) in [6.07, 6.45) is 1.92. The van der Waals surface area contributed by atoms with Crippen molar-refractivity contribution in [3.63, 3.8) is 0 Å². The van der Waals surface area contributed by atoms with Crippen LogP contribution in [0, 0.1) is 0 Å². The Balaban J connectivity index is 1.60. The molecule has 1 aliphatic rings. The van der Waals surface area contributed by atoms with E-state index in [1.165, 1.54) is 19.2 Å². The zero-order chi connectivity index (χ0) is 22.3. The van der Waals surface area contributed by atoms with Crippen molar-refractivity contribution in [3.05, 3.63) is 72.3 Å². The number of hydrogen-bond acceptors (Lipinski definition) is 6. The van der Waals surface area contributed by atoms with Gasteiger partial charge in [0.15, 0.2) is 0 Å². The lowest BCUT2D eigenvalue weighted by molar-refractivity contribution is -0.125. The van der Waals surface area contributed by atoms with Crippen molar-refractivity contribution in [3.8, 4) is 5.75 Å². The molecule has 3 atom stereocenters. The second-order valence-corrected chi connectivity index (χ2v) is 8.79. The van der Waals surface area contributed by atoms with Gasteiger partial charge in [-0.25, -0.2) is 13.1 Å². The second kappa shape index (κ2) is 10.5. The molecule has 1 amide bonds. The highest BCUT2D eigenvalue weighted by atomic mass is 32.2. The molecule has 0 saturated heterocycles. The predicted molar refractivity (Wildman–Crippen MR) is 115 cm³/mol. The highest BCUT2D eigenvalue weighted by Crippen LogP contribution is 2.20. The molecule has 3 N–H and O–H groups in total. The lowest BCUT2D eigenvalue weighted by atomic mass is 10.1. The topological polar surface area (TPSA) is 114 Å². The van der Waals surface area contributed by atoms with Crippen molar-refractivity contribution in [2.75, 3.05) is 13.7 Å². The first-order chi connectivity index (χ1) is 14.9. The van der Waals surface area contributed by atoms with Crippen molar-refractivity contribution < 1.29 is 27.8 Å². The number of aliphatic hydroxyl groups excluding tert-OH is 1. The Hall–Kier alpha value is -2.72. The van der Waals surface area contributed by atoms with Crippen LogP contribution in [0.2, 0.25) is 0 Å². The smallest absolute Gasteiger partial charge is 0.241 e. The van der Waals surface area contributed by atoms with Crippen LogP contribution in [0.25, 0.3) is 0 Å². The van der Waals surface area contributed by atoms with Crippen LogP contribution in [0.5, 0.6) is 5.75 Å². The average molecular weight is 447 g/mol. The van der Waals surface area contributed by atoms with E-state index in [1.807, 2.05) is 30.3 Å². The fraction of sp³-hybridized carbons (Fsp3) is 0.318. The number of aliphatic hydroxyl groups is 1. The maximum atomic E-state index is 12.7. The Morgan fingerprint density at radius 2 is 1.90 bits per heavy atom. The number of hydrogen-bond donors (Lipinski definition) is 3. The first-order valence-electron chi connectivity index (χ1n) is 9.83. The summed E-state index contributed by atoms with van der Waals surface area (Å²) in [6, 6.07) is 14.8. The summed E-state index contributed by atoms with van der Waals surface area (Å²) in [7, 11) is -2.41. The molecule has 9 heteroatoms. The third kappa shape index (κ3) is 6.38. The minimum atomic E-state index is -3.87. The summed E-state index contributed by atoms with van der Waals surface area (Å²) in [5.74, 6) is 0.212. The highest BCUT2D eigenvalue weighted by molar-refractivity contribution is 7.89. The number of methoxy groups -OCH3 is 1. The first kappa shape index (κ1) is 23.0. The molecule has 1 aliphatic heterocycles. The summed E-state index contributed by atoms with van der Waals surface area (Å²) in [5.41, 5.74) is 0.983. The lowest BCUT2D eigenvalue weighted by Gasteiger charge is -2.31. The van der Waals surface area contributed by atoms with Gasteiger partial charge < -0.3 is 19.9 Å². The van der Waals surface area contributed by atoms with Gasteiger partial charge in [0, 0.05) is 12.6 Å². The Morgan fingerprint density at radius 1 is 1.13 bits per heavy atom. The standard InChI is InChI=1S/C22H26N2O6S/c1-29-17-8-5-9-19(12-17)31(27,28)24-20-11-10-18(30-21(20)15-25)13-22(26)23-14-16-6-3-2-4-7-16/h2-12,18,20-21,24-25H,13-15H2,1H3,(H,23,26)/t18-,20+,21-/m1/s1. The quantitative estimate of drug-likeness (QED) is 0.502. The third-order valence-corrected chi connectivity index (χ3v) is 6.28. The van der Waals surface area contributed by atoms with Crippen LogP contribution in [0.4, 0.5) is 0 Å². The summed E-state index contributed by atoms with van der Waals surface area (Å²) < 4.78 is 38.8. The van der Waals surface area contributed by atoms with Gasteiger partial charge in [-0.05, 0) is 17.7 Å². The van der Waals surface area contributed by atoms with E-state index in [-0.39, 0.29) is 17.2 Å². The number of nitrogens with one attached hydrogen (secondary N) is 2. The van der Waals surface area contributed by atoms with Crippen molar-refractivity contribution >= 4 is 15.9 Å². The van der Waals surface area contributed by atoms with Crippen LogP contribution in [-0.2, 0) is 26.1 Å². The lowest BCUT2D eigenvalue weighted by Crippen LogP contribution is -2.49. The van der Waals surface area contributed by atoms with E-state index in [2.05, 4.69) is 10.0 Å². The molecular weight excluding hydrogens is 420 g/mol. The monoisotopic (exact) mass is 446 g/mol. The molecule has 1 heterocycles. The largest absolute Gasteiger partial charge is 0.497 e. The Kier molecular flexibility index (Phi) is 7.80. The van der Waals surface area contributed by atoms with Gasteiger partial charge >= 0.3 is 0 Å². The van der Waals surface area contributed by atoms with Gasteiger partial charge in [-0.2, -0.15) is 0 Å². The SMILES string of the molecule is COc1cccc(S(=O)(=O)N[C@H]2C=C[C@H](CC(=O)NCc3ccccc3)O[C@@H]2CO)c1. The van der Waals surface area contributed by atoms with Crippen LogP contribution < -0.4 is 14.8 Å². The predicted octanol–water partition coefficient (Wildman–Crippen LogP) is 1.36. The van der Waals surface area contributed by atoms with Gasteiger partial charge in [0.05, 0.1) is 37.2 Å². The van der Waals surface area contributed by atoms with Crippen LogP contribution in [0.3, 0.4) is 0 Å². The van der Waals surface area contributed by atoms with Gasteiger partial charge in [0.2, 0.25) is 15.9 Å². The number of ether oxygens (including phenoxy) is 2. The molecule has 166 valence electrons. The molecule has 3 rings (SSSR count). The van der Waals surface area contributed by atoms with Gasteiger partial charge in [0.25, 0.3) is 0 Å². The number of carbonyl (C=O) groups is 1. The van der Waals surface area contributed by atoms with Crippen LogP contribution in [0.15, 0.2) is 71.6 Å². The van der Waals surface area contributed by atoms with Gasteiger partial charge in [0.1, 0.15) is 11.9 Å². The first-order valence-corrected chi connectivity index (χ1v) is 11.3. The fourth-order valence-corrected chi connectivity index (χ4v) is 4.43. The number of sulfonamides is 1.